The van der Waals surface area contributed by atoms with E-state index < -0.39 is 5.54 Å². The molecule has 156 valence electrons. The number of hydrogen-bond acceptors (Lipinski definition) is 5. The Morgan fingerprint density at radius 1 is 1.23 bits per heavy atom. The molecule has 1 atom stereocenters. The molecule has 1 aliphatic rings. The molecule has 1 aromatic carbocycles. The van der Waals surface area contributed by atoms with Gasteiger partial charge in [-0.2, -0.15) is 0 Å². The summed E-state index contributed by atoms with van der Waals surface area (Å²) in [6.07, 6.45) is 5.18. The molecule has 7 heteroatoms. The molecule has 0 radical (unpaired) electrons. The average molecular weight is 424 g/mol. The van der Waals surface area contributed by atoms with Gasteiger partial charge >= 0.3 is 0 Å². The van der Waals surface area contributed by atoms with Crippen LogP contribution in [-0.4, -0.2) is 22.3 Å². The van der Waals surface area contributed by atoms with Crippen LogP contribution in [0.4, 0.5) is 0 Å². The van der Waals surface area contributed by atoms with E-state index in [1.807, 2.05) is 35.7 Å². The minimum Gasteiger partial charge on any atom is -0.469 e. The summed E-state index contributed by atoms with van der Waals surface area (Å²) < 4.78 is 5.45. The van der Waals surface area contributed by atoms with Crippen LogP contribution in [0.25, 0.3) is 0 Å². The van der Waals surface area contributed by atoms with Crippen LogP contribution in [-0.2, 0) is 29.0 Å². The van der Waals surface area contributed by atoms with E-state index in [0.29, 0.717) is 32.2 Å². The number of nitrogens with one attached hydrogen (secondary N) is 2. The third kappa shape index (κ3) is 5.36. The highest BCUT2D eigenvalue weighted by atomic mass is 32.1. The molecule has 2 aromatic heterocycles. The molecule has 1 aliphatic heterocycles. The minimum atomic E-state index is -0.407. The summed E-state index contributed by atoms with van der Waals surface area (Å²) in [5.41, 5.74) is 1.69. The van der Waals surface area contributed by atoms with E-state index in [1.165, 1.54) is 5.56 Å². The van der Waals surface area contributed by atoms with Gasteiger partial charge < -0.3 is 15.1 Å². The van der Waals surface area contributed by atoms with Crippen molar-refractivity contribution in [2.75, 3.05) is 0 Å². The summed E-state index contributed by atoms with van der Waals surface area (Å²) in [6, 6.07) is 14.0. The molecule has 3 aromatic rings. The monoisotopic (exact) mass is 423 g/mol. The maximum Gasteiger partial charge on any atom is 0.220 e. The fourth-order valence-corrected chi connectivity index (χ4v) is 4.67. The smallest absolute Gasteiger partial charge is 0.220 e. The van der Waals surface area contributed by atoms with E-state index in [4.69, 9.17) is 4.42 Å². The molecular weight excluding hydrogens is 398 g/mol. The number of benzene rings is 1. The van der Waals surface area contributed by atoms with Crippen molar-refractivity contribution in [1.82, 2.24) is 15.6 Å². The van der Waals surface area contributed by atoms with Gasteiger partial charge in [-0.05, 0) is 30.5 Å². The van der Waals surface area contributed by atoms with E-state index in [-0.39, 0.29) is 11.8 Å². The Morgan fingerprint density at radius 3 is 2.83 bits per heavy atom. The zero-order chi connectivity index (χ0) is 20.8. The number of nitrogens with zero attached hydrogens (tertiary/aromatic N) is 1. The van der Waals surface area contributed by atoms with Crippen molar-refractivity contribution >= 4 is 23.2 Å². The maximum atomic E-state index is 12.4. The Bertz CT molecular complexity index is 984. The first-order chi connectivity index (χ1) is 14.6. The quantitative estimate of drug-likeness (QED) is 0.551. The van der Waals surface area contributed by atoms with Crippen molar-refractivity contribution in [3.05, 3.63) is 76.1 Å². The topological polar surface area (TPSA) is 84.2 Å². The predicted octanol–water partition coefficient (Wildman–Crippen LogP) is 3.61. The third-order valence-electron chi connectivity index (χ3n) is 5.42. The number of hydrogen-bond donors (Lipinski definition) is 2. The van der Waals surface area contributed by atoms with E-state index in [9.17, 15) is 9.59 Å². The zero-order valence-electron chi connectivity index (χ0n) is 16.7. The van der Waals surface area contributed by atoms with Gasteiger partial charge in [0.25, 0.3) is 0 Å². The SMILES string of the molecule is O=C(CCC1(Cc2ccco2)CCC(=O)N1)NCc1csc(Cc2ccccc2)n1. The molecule has 2 N–H and O–H groups in total. The number of amides is 2. The first kappa shape index (κ1) is 20.3. The summed E-state index contributed by atoms with van der Waals surface area (Å²) in [5.74, 6) is 0.828. The summed E-state index contributed by atoms with van der Waals surface area (Å²) in [5, 5.41) is 9.06. The molecular formula is C23H25N3O3S. The van der Waals surface area contributed by atoms with E-state index in [0.717, 1.165) is 29.3 Å². The summed E-state index contributed by atoms with van der Waals surface area (Å²) in [6.45, 7) is 0.418. The van der Waals surface area contributed by atoms with Gasteiger partial charge in [0.05, 0.1) is 23.5 Å². The Labute approximate surface area is 179 Å². The predicted molar refractivity (Wildman–Crippen MR) is 115 cm³/mol. The highest BCUT2D eigenvalue weighted by Crippen LogP contribution is 2.29. The standard InChI is InChI=1S/C23H25N3O3S/c27-20(8-10-23(11-9-21(28)26-23)14-19-7-4-12-29-19)24-15-18-16-30-22(25-18)13-17-5-2-1-3-6-17/h1-7,12,16H,8-11,13-15H2,(H,24,27)(H,26,28). The Hall–Kier alpha value is -2.93. The highest BCUT2D eigenvalue weighted by molar-refractivity contribution is 7.09. The van der Waals surface area contributed by atoms with Gasteiger partial charge in [0.2, 0.25) is 11.8 Å². The fourth-order valence-electron chi connectivity index (χ4n) is 3.84. The number of aromatic nitrogens is 1. The van der Waals surface area contributed by atoms with Crippen LogP contribution in [0, 0.1) is 0 Å². The van der Waals surface area contributed by atoms with Crippen LogP contribution >= 0.6 is 11.3 Å². The van der Waals surface area contributed by atoms with E-state index in [2.05, 4.69) is 27.8 Å². The molecule has 4 rings (SSSR count). The lowest BCUT2D eigenvalue weighted by Crippen LogP contribution is -2.44. The molecule has 3 heterocycles. The van der Waals surface area contributed by atoms with Crippen molar-refractivity contribution in [2.24, 2.45) is 0 Å². The lowest BCUT2D eigenvalue weighted by atomic mass is 9.87. The van der Waals surface area contributed by atoms with Crippen molar-refractivity contribution < 1.29 is 14.0 Å². The summed E-state index contributed by atoms with van der Waals surface area (Å²) in [7, 11) is 0. The number of thiazole rings is 1. The summed E-state index contributed by atoms with van der Waals surface area (Å²) in [4.78, 5) is 28.9. The third-order valence-corrected chi connectivity index (χ3v) is 6.32. The Balaban J connectivity index is 1.27. The largest absolute Gasteiger partial charge is 0.469 e. The van der Waals surface area contributed by atoms with Gasteiger partial charge in [0, 0.05) is 36.6 Å². The van der Waals surface area contributed by atoms with Gasteiger partial charge in [-0.1, -0.05) is 30.3 Å². The van der Waals surface area contributed by atoms with Crippen LogP contribution in [0.3, 0.4) is 0 Å². The number of carbonyl (C=O) groups is 2. The Kier molecular flexibility index (Phi) is 6.28. The van der Waals surface area contributed by atoms with Gasteiger partial charge in [-0.15, -0.1) is 11.3 Å². The molecule has 1 fully saturated rings. The van der Waals surface area contributed by atoms with Crippen LogP contribution in [0.5, 0.6) is 0 Å². The van der Waals surface area contributed by atoms with Crippen molar-refractivity contribution in [2.45, 2.75) is 50.6 Å². The van der Waals surface area contributed by atoms with Crippen LogP contribution in [0.15, 0.2) is 58.5 Å². The average Bonchev–Trinajstić information content (AvgIpc) is 3.49. The second kappa shape index (κ2) is 9.26. The maximum absolute atomic E-state index is 12.4. The summed E-state index contributed by atoms with van der Waals surface area (Å²) >= 11 is 1.61. The second-order valence-electron chi connectivity index (χ2n) is 7.76. The van der Waals surface area contributed by atoms with Gasteiger partial charge in [-0.25, -0.2) is 4.98 Å². The van der Waals surface area contributed by atoms with E-state index in [1.54, 1.807) is 17.6 Å². The molecule has 0 aliphatic carbocycles. The first-order valence-corrected chi connectivity index (χ1v) is 11.1. The number of carbonyl (C=O) groups excluding carboxylic acids is 2. The lowest BCUT2D eigenvalue weighted by Gasteiger charge is -2.28. The van der Waals surface area contributed by atoms with Gasteiger partial charge in [0.1, 0.15) is 5.76 Å². The number of furan rings is 1. The normalized spacial score (nSPS) is 18.3. The molecule has 30 heavy (non-hydrogen) atoms. The van der Waals surface area contributed by atoms with Crippen molar-refractivity contribution in [1.29, 1.82) is 0 Å². The highest BCUT2D eigenvalue weighted by Gasteiger charge is 2.38. The molecule has 1 saturated heterocycles. The molecule has 2 amide bonds. The number of rotatable bonds is 9. The van der Waals surface area contributed by atoms with Crippen LogP contribution < -0.4 is 10.6 Å². The lowest BCUT2D eigenvalue weighted by molar-refractivity contribution is -0.123. The van der Waals surface area contributed by atoms with Crippen LogP contribution in [0.2, 0.25) is 0 Å². The van der Waals surface area contributed by atoms with Gasteiger partial charge in [-0.3, -0.25) is 9.59 Å². The molecule has 0 bridgehead atoms. The minimum absolute atomic E-state index is 0.0346. The molecule has 1 unspecified atom stereocenters. The molecule has 0 spiro atoms. The fraction of sp³-hybridized carbons (Fsp3) is 0.348. The van der Waals surface area contributed by atoms with Crippen molar-refractivity contribution in [3.63, 3.8) is 0 Å². The van der Waals surface area contributed by atoms with Gasteiger partial charge in [0.15, 0.2) is 0 Å². The van der Waals surface area contributed by atoms with Crippen molar-refractivity contribution in [3.8, 4) is 0 Å². The molecule has 0 saturated carbocycles. The molecule has 6 nitrogen and oxygen atoms in total. The van der Waals surface area contributed by atoms with E-state index >= 15 is 0 Å². The zero-order valence-corrected chi connectivity index (χ0v) is 17.5. The first-order valence-electron chi connectivity index (χ1n) is 10.2. The Morgan fingerprint density at radius 2 is 2.10 bits per heavy atom. The second-order valence-corrected chi connectivity index (χ2v) is 8.70. The van der Waals surface area contributed by atoms with Crippen LogP contribution in [0.1, 0.15) is 47.7 Å².